The van der Waals surface area contributed by atoms with Gasteiger partial charge >= 0.3 is 0 Å². The molecular formula is C2HN3. The van der Waals surface area contributed by atoms with E-state index >= 15 is 0 Å². The van der Waals surface area contributed by atoms with Crippen LogP contribution < -0.4 is 5.53 Å². The summed E-state index contributed by atoms with van der Waals surface area (Å²) >= 11 is 0. The first-order valence-corrected chi connectivity index (χ1v) is 1.17. The van der Waals surface area contributed by atoms with Gasteiger partial charge in [0.2, 0.25) is 0 Å². The molecule has 0 fully saturated rings. The lowest BCUT2D eigenvalue weighted by Gasteiger charge is -1.60. The van der Waals surface area contributed by atoms with Crippen LogP contribution in [-0.2, 0) is 0 Å². The van der Waals surface area contributed by atoms with Crippen LogP contribution in [0.2, 0.25) is 0 Å². The van der Waals surface area contributed by atoms with Gasteiger partial charge in [0, 0.05) is 0 Å². The lowest BCUT2D eigenvalue weighted by molar-refractivity contribution is 0.816. The van der Waals surface area contributed by atoms with E-state index in [1.807, 2.05) is 0 Å². The highest BCUT2D eigenvalue weighted by atomic mass is 15.5. The topological polar surface area (TPSA) is 38.8 Å². The summed E-state index contributed by atoms with van der Waals surface area (Å²) in [6.07, 6.45) is 3.79. The van der Waals surface area contributed by atoms with Crippen molar-refractivity contribution in [2.45, 2.75) is 0 Å². The Morgan fingerprint density at radius 2 is 2.60 bits per heavy atom. The molecule has 0 atom stereocenters. The summed E-state index contributed by atoms with van der Waals surface area (Å²) in [5.41, 5.74) is 3.17. The Labute approximate surface area is 29.4 Å². The molecule has 0 aliphatic carbocycles. The van der Waals surface area contributed by atoms with Crippen LogP contribution >= 0.6 is 0 Å². The number of hydrogen-bond acceptors (Lipinski definition) is 2. The van der Waals surface area contributed by atoms with E-state index in [9.17, 15) is 0 Å². The number of hydrogen-bond donors (Lipinski definition) is 0. The Bertz CT molecular complexity index is 63.0. The summed E-state index contributed by atoms with van der Waals surface area (Å²) in [5.74, 6) is 0. The van der Waals surface area contributed by atoms with Crippen LogP contribution in [0.1, 0.15) is 0 Å². The fourth-order valence-corrected chi connectivity index (χ4v) is 0.129. The molecule has 0 unspecified atom stereocenters. The minimum absolute atomic E-state index is 1.40. The maximum absolute atomic E-state index is 3.31. The molecular weight excluding hydrogens is 66.0 g/mol. The maximum atomic E-state index is 3.31. The van der Waals surface area contributed by atoms with Crippen molar-refractivity contribution in [3.63, 3.8) is 0 Å². The zero-order valence-corrected chi connectivity index (χ0v) is 2.42. The first kappa shape index (κ1) is 2.38. The van der Waals surface area contributed by atoms with Gasteiger partial charge in [0.05, 0.1) is 6.21 Å². The van der Waals surface area contributed by atoms with Gasteiger partial charge in [-0.2, -0.15) is 0 Å². The first-order chi connectivity index (χ1) is 2.50. The third-order valence-electron chi connectivity index (χ3n) is 0.270. The van der Waals surface area contributed by atoms with Crippen LogP contribution in [0, 0.1) is 0 Å². The summed E-state index contributed by atoms with van der Waals surface area (Å²) in [5, 5.41) is 6.54. The third kappa shape index (κ3) is 0.238. The van der Waals surface area contributed by atoms with E-state index in [1.54, 1.807) is 0 Å². The highest BCUT2D eigenvalue weighted by Crippen LogP contribution is 1.66. The second-order valence-electron chi connectivity index (χ2n) is 0.563. The van der Waals surface area contributed by atoms with Gasteiger partial charge in [-0.05, 0) is 5.53 Å². The lowest BCUT2D eigenvalue weighted by Crippen LogP contribution is -1.68. The molecule has 0 N–H and O–H groups in total. The number of nitrogens with zero attached hydrogens (tertiary/aromatic N) is 3. The molecule has 1 aliphatic rings. The Morgan fingerprint density at radius 3 is 2.80 bits per heavy atom. The zero-order chi connectivity index (χ0) is 3.54. The second-order valence-corrected chi connectivity index (χ2v) is 0.563. The average molecular weight is 67.1 g/mol. The fourth-order valence-electron chi connectivity index (χ4n) is 0.129. The van der Waals surface area contributed by atoms with Gasteiger partial charge in [0.15, 0.2) is 0 Å². The Hall–Kier alpha value is -0.860. The molecule has 0 spiro atoms. The summed E-state index contributed by atoms with van der Waals surface area (Å²) in [6, 6.07) is 0. The molecule has 0 saturated carbocycles. The molecule has 0 bridgehead atoms. The molecule has 0 saturated heterocycles. The Balaban J connectivity index is 2.61. The number of rotatable bonds is 0. The Kier molecular flexibility index (Phi) is 0.400. The van der Waals surface area contributed by atoms with Gasteiger partial charge in [-0.1, -0.05) is 0 Å². The van der Waals surface area contributed by atoms with Gasteiger partial charge in [-0.15, -0.1) is 10.2 Å². The molecule has 2 radical (unpaired) electrons. The minimum atomic E-state index is 1.40. The van der Waals surface area contributed by atoms with Crippen molar-refractivity contribution in [2.24, 2.45) is 10.2 Å². The summed E-state index contributed by atoms with van der Waals surface area (Å²) in [7, 11) is 0. The summed E-state index contributed by atoms with van der Waals surface area (Å²) < 4.78 is 0. The zero-order valence-electron chi connectivity index (χ0n) is 2.42. The van der Waals surface area contributed by atoms with Gasteiger partial charge in [-0.3, -0.25) is 0 Å². The van der Waals surface area contributed by atoms with Crippen LogP contribution in [0.4, 0.5) is 0 Å². The molecule has 1 rings (SSSR count). The van der Waals surface area contributed by atoms with Crippen LogP contribution in [-0.4, -0.2) is 12.4 Å². The largest absolute Gasteiger partial charge is 0.137 e. The van der Waals surface area contributed by atoms with Crippen molar-refractivity contribution >= 4 is 12.4 Å². The van der Waals surface area contributed by atoms with Crippen LogP contribution in [0.3, 0.4) is 0 Å². The Morgan fingerprint density at radius 1 is 1.60 bits per heavy atom. The van der Waals surface area contributed by atoms with E-state index in [0.717, 1.165) is 0 Å². The summed E-state index contributed by atoms with van der Waals surface area (Å²) in [6.45, 7) is 0. The average Bonchev–Trinajstić information content (AvgIpc) is 1.76. The van der Waals surface area contributed by atoms with E-state index < -0.39 is 0 Å². The predicted octanol–water partition coefficient (Wildman–Crippen LogP) is -0.547. The molecule has 5 heavy (non-hydrogen) atoms. The van der Waals surface area contributed by atoms with E-state index in [2.05, 4.69) is 22.0 Å². The highest BCUT2D eigenvalue weighted by molar-refractivity contribution is 6.16. The fraction of sp³-hybridized carbons (Fsp3) is 0. The van der Waals surface area contributed by atoms with Crippen molar-refractivity contribution in [3.05, 3.63) is 0 Å². The van der Waals surface area contributed by atoms with Crippen molar-refractivity contribution in [2.75, 3.05) is 0 Å². The quantitative estimate of drug-likeness (QED) is 0.365. The van der Waals surface area contributed by atoms with Gasteiger partial charge in [0.25, 0.3) is 0 Å². The van der Waals surface area contributed by atoms with Gasteiger partial charge in [0.1, 0.15) is 6.21 Å². The monoisotopic (exact) mass is 67.0 g/mol. The van der Waals surface area contributed by atoms with Crippen LogP contribution in [0.25, 0.3) is 0 Å². The molecule has 1 aliphatic heterocycles. The van der Waals surface area contributed by atoms with Crippen molar-refractivity contribution in [1.82, 2.24) is 5.53 Å². The molecule has 3 nitrogen and oxygen atoms in total. The molecule has 0 amide bonds. The molecule has 3 heteroatoms. The summed E-state index contributed by atoms with van der Waals surface area (Å²) in [4.78, 5) is 0. The first-order valence-electron chi connectivity index (χ1n) is 1.17. The van der Waals surface area contributed by atoms with Gasteiger partial charge in [-0.25, -0.2) is 0 Å². The maximum Gasteiger partial charge on any atom is 0.137 e. The molecule has 1 heterocycles. The van der Waals surface area contributed by atoms with E-state index in [4.69, 9.17) is 0 Å². The molecule has 0 aromatic heterocycles. The normalized spacial score (nSPS) is 16.0. The van der Waals surface area contributed by atoms with Crippen molar-refractivity contribution < 1.29 is 0 Å². The molecule has 0 aromatic rings. The minimum Gasteiger partial charge on any atom is -0.136 e. The van der Waals surface area contributed by atoms with Gasteiger partial charge < -0.3 is 0 Å². The second kappa shape index (κ2) is 0.839. The van der Waals surface area contributed by atoms with Crippen LogP contribution in [0.5, 0.6) is 0 Å². The lowest BCUT2D eigenvalue weighted by atomic mass is 10.9. The smallest absolute Gasteiger partial charge is 0.136 e. The molecule has 0 aromatic carbocycles. The highest BCUT2D eigenvalue weighted by Gasteiger charge is 1.76. The van der Waals surface area contributed by atoms with Crippen molar-refractivity contribution in [1.29, 1.82) is 0 Å². The SMILES string of the molecule is [C]1=N[N]N=C1. The van der Waals surface area contributed by atoms with Crippen molar-refractivity contribution in [3.8, 4) is 0 Å². The van der Waals surface area contributed by atoms with E-state index in [1.165, 1.54) is 6.21 Å². The van der Waals surface area contributed by atoms with E-state index in [-0.39, 0.29) is 0 Å². The molecule has 24 valence electrons. The predicted molar refractivity (Wildman–Crippen MR) is 18.1 cm³/mol. The van der Waals surface area contributed by atoms with E-state index in [0.29, 0.717) is 0 Å². The third-order valence-corrected chi connectivity index (χ3v) is 0.270. The standard InChI is InChI=1S/C2HN3/c1-2-4-5-3-1/h1H. The van der Waals surface area contributed by atoms with Crippen LogP contribution in [0.15, 0.2) is 10.2 Å².